The summed E-state index contributed by atoms with van der Waals surface area (Å²) >= 11 is 1.71. The first kappa shape index (κ1) is 13.5. The number of aryl methyl sites for hydroxylation is 1. The largest absolute Gasteiger partial charge is 0.264 e. The number of hydrogen-bond donors (Lipinski definition) is 0. The van der Waals surface area contributed by atoms with Gasteiger partial charge in [-0.25, -0.2) is 8.42 Å². The van der Waals surface area contributed by atoms with Gasteiger partial charge in [0.1, 0.15) is 0 Å². The van der Waals surface area contributed by atoms with E-state index in [0.29, 0.717) is 11.4 Å². The van der Waals surface area contributed by atoms with Gasteiger partial charge in [-0.1, -0.05) is 24.3 Å². The van der Waals surface area contributed by atoms with Crippen molar-refractivity contribution in [2.24, 2.45) is 0 Å². The lowest BCUT2D eigenvalue weighted by molar-refractivity contribution is 0.591. The number of sulfonamides is 1. The van der Waals surface area contributed by atoms with Gasteiger partial charge in [0.15, 0.2) is 0 Å². The molecule has 0 amide bonds. The molecule has 2 aromatic rings. The first-order chi connectivity index (χ1) is 9.59. The zero-order chi connectivity index (χ0) is 14.2. The molecule has 0 spiro atoms. The maximum Gasteiger partial charge on any atom is 0.264 e. The van der Waals surface area contributed by atoms with E-state index < -0.39 is 10.0 Å². The molecule has 1 heterocycles. The van der Waals surface area contributed by atoms with Crippen molar-refractivity contribution in [2.45, 2.75) is 16.7 Å². The van der Waals surface area contributed by atoms with Crippen LogP contribution in [0.25, 0.3) is 0 Å². The summed E-state index contributed by atoms with van der Waals surface area (Å²) in [6.07, 6.45) is 0. The average Bonchev–Trinajstić information content (AvgIpc) is 2.47. The van der Waals surface area contributed by atoms with E-state index in [1.165, 1.54) is 4.31 Å². The quantitative estimate of drug-likeness (QED) is 0.854. The van der Waals surface area contributed by atoms with Gasteiger partial charge in [0.25, 0.3) is 10.0 Å². The highest BCUT2D eigenvalue weighted by Crippen LogP contribution is 2.38. The van der Waals surface area contributed by atoms with Crippen molar-refractivity contribution in [3.05, 3.63) is 54.1 Å². The molecule has 0 N–H and O–H groups in total. The molecule has 0 aliphatic carbocycles. The van der Waals surface area contributed by atoms with Gasteiger partial charge >= 0.3 is 0 Å². The van der Waals surface area contributed by atoms with Gasteiger partial charge in [-0.05, 0) is 36.8 Å². The third kappa shape index (κ3) is 2.31. The van der Waals surface area contributed by atoms with Crippen molar-refractivity contribution in [3.8, 4) is 0 Å². The van der Waals surface area contributed by atoms with Gasteiger partial charge in [-0.3, -0.25) is 4.31 Å². The molecule has 1 aliphatic rings. The molecule has 2 aromatic carbocycles. The summed E-state index contributed by atoms with van der Waals surface area (Å²) in [5, 5.41) is 0. The summed E-state index contributed by atoms with van der Waals surface area (Å²) in [6, 6.07) is 14.6. The van der Waals surface area contributed by atoms with Gasteiger partial charge in [-0.2, -0.15) is 0 Å². The fourth-order valence-corrected chi connectivity index (χ4v) is 4.92. The zero-order valence-electron chi connectivity index (χ0n) is 11.1. The maximum absolute atomic E-state index is 12.8. The van der Waals surface area contributed by atoms with E-state index in [0.717, 1.165) is 21.9 Å². The zero-order valence-corrected chi connectivity index (χ0v) is 12.7. The summed E-state index contributed by atoms with van der Waals surface area (Å²) in [5.74, 6) is 0.780. The van der Waals surface area contributed by atoms with E-state index in [4.69, 9.17) is 0 Å². The Bertz CT molecular complexity index is 727. The molecule has 3 nitrogen and oxygen atoms in total. The van der Waals surface area contributed by atoms with Crippen LogP contribution in [0.3, 0.4) is 0 Å². The van der Waals surface area contributed by atoms with Crippen molar-refractivity contribution >= 4 is 27.5 Å². The molecule has 0 fully saturated rings. The van der Waals surface area contributed by atoms with Crippen molar-refractivity contribution in [1.29, 1.82) is 0 Å². The summed E-state index contributed by atoms with van der Waals surface area (Å²) in [4.78, 5) is 1.38. The number of anilines is 1. The van der Waals surface area contributed by atoms with Gasteiger partial charge in [0.05, 0.1) is 10.6 Å². The lowest BCUT2D eigenvalue weighted by Crippen LogP contribution is -2.35. The summed E-state index contributed by atoms with van der Waals surface area (Å²) in [5.41, 5.74) is 1.87. The van der Waals surface area contributed by atoms with Crippen LogP contribution in [0.1, 0.15) is 5.56 Å². The van der Waals surface area contributed by atoms with E-state index >= 15 is 0 Å². The lowest BCUT2D eigenvalue weighted by Gasteiger charge is -2.30. The van der Waals surface area contributed by atoms with Gasteiger partial charge < -0.3 is 0 Å². The number of hydrogen-bond acceptors (Lipinski definition) is 3. The van der Waals surface area contributed by atoms with Crippen LogP contribution in [0.15, 0.2) is 58.3 Å². The predicted octanol–water partition coefficient (Wildman–Crippen LogP) is 3.30. The molecule has 20 heavy (non-hydrogen) atoms. The molecular formula is C15H15NO2S2. The minimum Gasteiger partial charge on any atom is -0.264 e. The third-order valence-electron chi connectivity index (χ3n) is 3.27. The van der Waals surface area contributed by atoms with E-state index in [1.807, 2.05) is 31.2 Å². The van der Waals surface area contributed by atoms with Crippen LogP contribution in [-0.4, -0.2) is 20.7 Å². The number of fused-ring (bicyclic) bond motifs is 1. The Balaban J connectivity index is 2.11. The Labute approximate surface area is 123 Å². The molecular weight excluding hydrogens is 290 g/mol. The molecule has 0 aromatic heterocycles. The molecule has 1 aliphatic heterocycles. The van der Waals surface area contributed by atoms with E-state index in [1.54, 1.807) is 36.0 Å². The summed E-state index contributed by atoms with van der Waals surface area (Å²) in [6.45, 7) is 2.49. The molecule has 0 bridgehead atoms. The molecule has 104 valence electrons. The van der Waals surface area contributed by atoms with Crippen LogP contribution >= 0.6 is 11.8 Å². The second-order valence-electron chi connectivity index (χ2n) is 4.71. The van der Waals surface area contributed by atoms with Gasteiger partial charge in [0, 0.05) is 17.2 Å². The van der Waals surface area contributed by atoms with Crippen LogP contribution in [0.4, 0.5) is 5.69 Å². The normalized spacial score (nSPS) is 14.9. The van der Waals surface area contributed by atoms with Gasteiger partial charge in [0.2, 0.25) is 0 Å². The predicted molar refractivity (Wildman–Crippen MR) is 82.9 cm³/mol. The topological polar surface area (TPSA) is 37.4 Å². The summed E-state index contributed by atoms with van der Waals surface area (Å²) < 4.78 is 27.1. The fraction of sp³-hybridized carbons (Fsp3) is 0.200. The molecule has 0 saturated carbocycles. The van der Waals surface area contributed by atoms with E-state index in [2.05, 4.69) is 0 Å². The average molecular weight is 305 g/mol. The minimum atomic E-state index is -3.47. The Morgan fingerprint density at radius 1 is 1.10 bits per heavy atom. The molecule has 0 radical (unpaired) electrons. The van der Waals surface area contributed by atoms with Crippen molar-refractivity contribution < 1.29 is 8.42 Å². The number of rotatable bonds is 2. The van der Waals surface area contributed by atoms with Crippen molar-refractivity contribution in [1.82, 2.24) is 0 Å². The van der Waals surface area contributed by atoms with Crippen LogP contribution in [0, 0.1) is 6.92 Å². The smallest absolute Gasteiger partial charge is 0.264 e. The third-order valence-corrected chi connectivity index (χ3v) is 6.14. The fourth-order valence-electron chi connectivity index (χ4n) is 2.27. The Morgan fingerprint density at radius 2 is 1.85 bits per heavy atom. The molecule has 5 heteroatoms. The highest BCUT2D eigenvalue weighted by molar-refractivity contribution is 8.00. The number of thioether (sulfide) groups is 1. The van der Waals surface area contributed by atoms with E-state index in [-0.39, 0.29) is 0 Å². The van der Waals surface area contributed by atoms with Crippen LogP contribution in [0.2, 0.25) is 0 Å². The Kier molecular flexibility index (Phi) is 3.48. The standard InChI is InChI=1S/C15H15NO2S2/c1-12-7-8-15-14(11-12)16(9-10-19-15)20(17,18)13-5-3-2-4-6-13/h2-8,11H,9-10H2,1H3. The SMILES string of the molecule is Cc1ccc2c(c1)N(S(=O)(=O)c1ccccc1)CCS2. The molecule has 3 rings (SSSR count). The first-order valence-corrected chi connectivity index (χ1v) is 8.83. The maximum atomic E-state index is 12.8. The van der Waals surface area contributed by atoms with Crippen molar-refractivity contribution in [3.63, 3.8) is 0 Å². The van der Waals surface area contributed by atoms with E-state index in [9.17, 15) is 8.42 Å². The molecule has 0 saturated heterocycles. The number of nitrogens with zero attached hydrogens (tertiary/aromatic N) is 1. The highest BCUT2D eigenvalue weighted by atomic mass is 32.2. The lowest BCUT2D eigenvalue weighted by atomic mass is 10.2. The van der Waals surface area contributed by atoms with Crippen LogP contribution in [-0.2, 0) is 10.0 Å². The minimum absolute atomic E-state index is 0.347. The monoisotopic (exact) mass is 305 g/mol. The second kappa shape index (κ2) is 5.14. The Morgan fingerprint density at radius 3 is 2.60 bits per heavy atom. The second-order valence-corrected chi connectivity index (χ2v) is 7.71. The summed E-state index contributed by atoms with van der Waals surface area (Å²) in [7, 11) is -3.47. The Hall–Kier alpha value is -1.46. The van der Waals surface area contributed by atoms with Gasteiger partial charge in [-0.15, -0.1) is 11.8 Å². The van der Waals surface area contributed by atoms with Crippen molar-refractivity contribution in [2.75, 3.05) is 16.6 Å². The first-order valence-electron chi connectivity index (χ1n) is 6.40. The number of benzene rings is 2. The van der Waals surface area contributed by atoms with Crippen LogP contribution < -0.4 is 4.31 Å². The molecule has 0 unspecified atom stereocenters. The highest BCUT2D eigenvalue weighted by Gasteiger charge is 2.29. The van der Waals surface area contributed by atoms with Crippen LogP contribution in [0.5, 0.6) is 0 Å². The molecule has 0 atom stereocenters.